The van der Waals surface area contributed by atoms with Crippen LogP contribution in [0.25, 0.3) is 0 Å². The maximum atomic E-state index is 13.6. The van der Waals surface area contributed by atoms with Crippen LogP contribution in [-0.4, -0.2) is 23.5 Å². The van der Waals surface area contributed by atoms with Gasteiger partial charge in [0.05, 0.1) is 12.2 Å². The molecular formula is C28H32N2O2. The Morgan fingerprint density at radius 2 is 1.66 bits per heavy atom. The highest BCUT2D eigenvalue weighted by atomic mass is 16.5. The number of carbonyl (C=O) groups is 1. The Kier molecular flexibility index (Phi) is 6.50. The molecule has 0 aliphatic carbocycles. The fraction of sp³-hybridized carbons (Fsp3) is 0.321. The predicted molar refractivity (Wildman–Crippen MR) is 130 cm³/mol. The molecule has 3 aromatic rings. The van der Waals surface area contributed by atoms with Gasteiger partial charge in [0, 0.05) is 17.3 Å². The molecular weight excluding hydrogens is 396 g/mol. The second-order valence-corrected chi connectivity index (χ2v) is 8.61. The number of nitrogens with zero attached hydrogens (tertiary/aromatic N) is 1. The molecule has 2 unspecified atom stereocenters. The minimum Gasteiger partial charge on any atom is -0.493 e. The molecule has 2 atom stereocenters. The van der Waals surface area contributed by atoms with E-state index in [4.69, 9.17) is 4.74 Å². The Bertz CT molecular complexity index is 1070. The van der Waals surface area contributed by atoms with E-state index in [1.807, 2.05) is 53.4 Å². The first-order valence-electron chi connectivity index (χ1n) is 11.5. The summed E-state index contributed by atoms with van der Waals surface area (Å²) in [7, 11) is 0. The molecule has 0 fully saturated rings. The van der Waals surface area contributed by atoms with Gasteiger partial charge < -0.3 is 15.0 Å². The lowest BCUT2D eigenvalue weighted by atomic mass is 9.91. The first-order valence-corrected chi connectivity index (χ1v) is 11.5. The van der Waals surface area contributed by atoms with Crippen LogP contribution >= 0.6 is 0 Å². The third-order valence-corrected chi connectivity index (χ3v) is 6.39. The maximum absolute atomic E-state index is 13.6. The molecule has 0 spiro atoms. The van der Waals surface area contributed by atoms with Crippen molar-refractivity contribution in [3.63, 3.8) is 0 Å². The quantitative estimate of drug-likeness (QED) is 0.432. The van der Waals surface area contributed by atoms with Crippen molar-refractivity contribution in [2.75, 3.05) is 11.9 Å². The number of amides is 1. The van der Waals surface area contributed by atoms with Crippen LogP contribution in [0.15, 0.2) is 78.9 Å². The molecule has 1 aliphatic rings. The van der Waals surface area contributed by atoms with Crippen LogP contribution in [0.5, 0.6) is 5.75 Å². The number of ether oxygens (including phenoxy) is 1. The SMILES string of the molecule is CCC(C)N1C(=O)c2ccccc2NC1(C)c1ccccc1OCCCc1ccccc1. The lowest BCUT2D eigenvalue weighted by Crippen LogP contribution is -2.59. The van der Waals surface area contributed by atoms with Gasteiger partial charge >= 0.3 is 0 Å². The van der Waals surface area contributed by atoms with E-state index < -0.39 is 5.66 Å². The number of benzene rings is 3. The number of hydrogen-bond donors (Lipinski definition) is 1. The highest BCUT2D eigenvalue weighted by molar-refractivity contribution is 6.02. The van der Waals surface area contributed by atoms with Crippen molar-refractivity contribution in [1.82, 2.24) is 4.90 Å². The summed E-state index contributed by atoms with van der Waals surface area (Å²) < 4.78 is 6.28. The van der Waals surface area contributed by atoms with Crippen molar-refractivity contribution >= 4 is 11.6 Å². The molecule has 3 aromatic carbocycles. The Morgan fingerprint density at radius 3 is 2.44 bits per heavy atom. The number of nitrogens with one attached hydrogen (secondary N) is 1. The van der Waals surface area contributed by atoms with Crippen LogP contribution in [0.2, 0.25) is 0 Å². The Labute approximate surface area is 191 Å². The van der Waals surface area contributed by atoms with Crippen molar-refractivity contribution < 1.29 is 9.53 Å². The topological polar surface area (TPSA) is 41.6 Å². The molecule has 0 aromatic heterocycles. The lowest BCUT2D eigenvalue weighted by Gasteiger charge is -2.49. The smallest absolute Gasteiger partial charge is 0.258 e. The average Bonchev–Trinajstić information content (AvgIpc) is 2.82. The van der Waals surface area contributed by atoms with E-state index in [2.05, 4.69) is 56.4 Å². The van der Waals surface area contributed by atoms with E-state index >= 15 is 0 Å². The van der Waals surface area contributed by atoms with E-state index in [9.17, 15) is 4.79 Å². The summed E-state index contributed by atoms with van der Waals surface area (Å²) in [6, 6.07) is 26.4. The number of fused-ring (bicyclic) bond motifs is 1. The lowest BCUT2D eigenvalue weighted by molar-refractivity contribution is 0.0392. The predicted octanol–water partition coefficient (Wildman–Crippen LogP) is 6.24. The molecule has 1 aliphatic heterocycles. The van der Waals surface area contributed by atoms with E-state index in [0.29, 0.717) is 12.2 Å². The fourth-order valence-corrected chi connectivity index (χ4v) is 4.55. The van der Waals surface area contributed by atoms with E-state index in [-0.39, 0.29) is 11.9 Å². The summed E-state index contributed by atoms with van der Waals surface area (Å²) in [5.41, 5.74) is 3.15. The van der Waals surface area contributed by atoms with Crippen LogP contribution < -0.4 is 10.1 Å². The molecule has 0 bridgehead atoms. The third kappa shape index (κ3) is 4.22. The molecule has 4 heteroatoms. The summed E-state index contributed by atoms with van der Waals surface area (Å²) in [5.74, 6) is 0.867. The number of aryl methyl sites for hydroxylation is 1. The highest BCUT2D eigenvalue weighted by Crippen LogP contribution is 2.42. The van der Waals surface area contributed by atoms with E-state index in [1.54, 1.807) is 0 Å². The summed E-state index contributed by atoms with van der Waals surface area (Å²) in [5, 5.41) is 3.67. The van der Waals surface area contributed by atoms with Crippen LogP contribution in [0.4, 0.5) is 5.69 Å². The number of para-hydroxylation sites is 2. The summed E-state index contributed by atoms with van der Waals surface area (Å²) >= 11 is 0. The molecule has 32 heavy (non-hydrogen) atoms. The summed E-state index contributed by atoms with van der Waals surface area (Å²) in [6.07, 6.45) is 2.77. The molecule has 0 saturated carbocycles. The third-order valence-electron chi connectivity index (χ3n) is 6.39. The minimum atomic E-state index is -0.711. The summed E-state index contributed by atoms with van der Waals surface area (Å²) in [6.45, 7) is 6.93. The fourth-order valence-electron chi connectivity index (χ4n) is 4.55. The largest absolute Gasteiger partial charge is 0.493 e. The highest BCUT2D eigenvalue weighted by Gasteiger charge is 2.45. The standard InChI is InChI=1S/C28H32N2O2/c1-4-21(2)30-27(31)23-16-8-10-18-25(23)29-28(30,3)24-17-9-11-19-26(24)32-20-12-15-22-13-6-5-7-14-22/h5-11,13-14,16-19,21,29H,4,12,15,20H2,1-3H3. The Balaban J connectivity index is 1.61. The van der Waals surface area contributed by atoms with Crippen LogP contribution in [0.1, 0.15) is 55.1 Å². The number of hydrogen-bond acceptors (Lipinski definition) is 3. The first-order chi connectivity index (χ1) is 15.5. The normalized spacial score (nSPS) is 18.6. The molecule has 4 nitrogen and oxygen atoms in total. The second kappa shape index (κ2) is 9.47. The van der Waals surface area contributed by atoms with Gasteiger partial charge in [-0.05, 0) is 56.9 Å². The molecule has 166 valence electrons. The van der Waals surface area contributed by atoms with Crippen LogP contribution in [-0.2, 0) is 12.1 Å². The van der Waals surface area contributed by atoms with Gasteiger partial charge in [0.2, 0.25) is 0 Å². The Hall–Kier alpha value is -3.27. The van der Waals surface area contributed by atoms with Crippen LogP contribution in [0, 0.1) is 0 Å². The van der Waals surface area contributed by atoms with Gasteiger partial charge in [-0.15, -0.1) is 0 Å². The number of anilines is 1. The minimum absolute atomic E-state index is 0.0510. The zero-order valence-electron chi connectivity index (χ0n) is 19.2. The van der Waals surface area contributed by atoms with Crippen molar-refractivity contribution in [1.29, 1.82) is 0 Å². The molecule has 1 amide bonds. The van der Waals surface area contributed by atoms with Crippen LogP contribution in [0.3, 0.4) is 0 Å². The number of carbonyl (C=O) groups excluding carboxylic acids is 1. The number of rotatable bonds is 8. The molecule has 1 heterocycles. The zero-order valence-corrected chi connectivity index (χ0v) is 19.2. The first kappa shape index (κ1) is 21.9. The summed E-state index contributed by atoms with van der Waals surface area (Å²) in [4.78, 5) is 15.6. The van der Waals surface area contributed by atoms with E-state index in [0.717, 1.165) is 36.3 Å². The van der Waals surface area contributed by atoms with E-state index in [1.165, 1.54) is 5.56 Å². The van der Waals surface area contributed by atoms with Crippen molar-refractivity contribution in [2.24, 2.45) is 0 Å². The molecule has 0 saturated heterocycles. The second-order valence-electron chi connectivity index (χ2n) is 8.61. The average molecular weight is 429 g/mol. The van der Waals surface area contributed by atoms with Gasteiger partial charge in [-0.25, -0.2) is 0 Å². The molecule has 1 N–H and O–H groups in total. The van der Waals surface area contributed by atoms with Gasteiger partial charge in [-0.3, -0.25) is 4.79 Å². The zero-order chi connectivity index (χ0) is 22.6. The van der Waals surface area contributed by atoms with Gasteiger partial charge in [-0.2, -0.15) is 0 Å². The Morgan fingerprint density at radius 1 is 0.969 bits per heavy atom. The van der Waals surface area contributed by atoms with Gasteiger partial charge in [-0.1, -0.05) is 67.6 Å². The van der Waals surface area contributed by atoms with Crippen molar-refractivity contribution in [2.45, 2.75) is 51.7 Å². The molecule has 4 rings (SSSR count). The van der Waals surface area contributed by atoms with Crippen molar-refractivity contribution in [3.8, 4) is 5.75 Å². The monoisotopic (exact) mass is 428 g/mol. The van der Waals surface area contributed by atoms with Crippen molar-refractivity contribution in [3.05, 3.63) is 95.6 Å². The van der Waals surface area contributed by atoms with Gasteiger partial charge in [0.1, 0.15) is 11.4 Å². The maximum Gasteiger partial charge on any atom is 0.258 e. The molecule has 0 radical (unpaired) electrons. The van der Waals surface area contributed by atoms with Gasteiger partial charge in [0.25, 0.3) is 5.91 Å². The van der Waals surface area contributed by atoms with Gasteiger partial charge in [0.15, 0.2) is 0 Å².